The van der Waals surface area contributed by atoms with Gasteiger partial charge in [-0.15, -0.1) is 0 Å². The Bertz CT molecular complexity index is 234. The van der Waals surface area contributed by atoms with Gasteiger partial charge in [-0.25, -0.2) is 0 Å². The normalized spacial score (nSPS) is 9.81. The third-order valence-electron chi connectivity index (χ3n) is 3.06. The zero-order valence-electron chi connectivity index (χ0n) is 14.1. The van der Waals surface area contributed by atoms with Gasteiger partial charge in [0, 0.05) is 36.0 Å². The fraction of sp³-hybridized carbons (Fsp3) is 0.875. The van der Waals surface area contributed by atoms with E-state index in [1.165, 1.54) is 32.1 Å². The van der Waals surface area contributed by atoms with Crippen LogP contribution in [0.3, 0.4) is 0 Å². The molecule has 0 N–H and O–H groups in total. The van der Waals surface area contributed by atoms with E-state index in [9.17, 15) is 4.79 Å². The van der Waals surface area contributed by atoms with Crippen LogP contribution in [0.1, 0.15) is 78.1 Å². The van der Waals surface area contributed by atoms with E-state index in [0.717, 1.165) is 19.3 Å². The number of esters is 1. The molecule has 0 heterocycles. The molecule has 0 aromatic carbocycles. The molecule has 0 atom stereocenters. The molecule has 0 aliphatic carbocycles. The molecule has 5 heteroatoms. The quantitative estimate of drug-likeness (QED) is 0.217. The molecule has 0 fully saturated rings. The van der Waals surface area contributed by atoms with Crippen molar-refractivity contribution in [1.82, 2.24) is 0 Å². The molecule has 0 amide bonds. The molecule has 0 spiro atoms. The van der Waals surface area contributed by atoms with Gasteiger partial charge in [-0.2, -0.15) is 0 Å². The fourth-order valence-electron chi connectivity index (χ4n) is 1.78. The summed E-state index contributed by atoms with van der Waals surface area (Å²) in [5.74, 6) is -0.168. The second kappa shape index (κ2) is 18.4. The van der Waals surface area contributed by atoms with Crippen LogP contribution in [0.25, 0.3) is 0 Å². The minimum absolute atomic E-state index is 0. The van der Waals surface area contributed by atoms with Crippen LogP contribution in [-0.4, -0.2) is 53.8 Å². The van der Waals surface area contributed by atoms with Crippen LogP contribution < -0.4 is 0 Å². The van der Waals surface area contributed by atoms with E-state index in [1.54, 1.807) is 0 Å². The molecule has 0 rings (SSSR count). The zero-order chi connectivity index (χ0) is 15.1. The predicted octanol–water partition coefficient (Wildman–Crippen LogP) is 4.43. The van der Waals surface area contributed by atoms with Crippen LogP contribution in [0.4, 0.5) is 0 Å². The molecule has 0 bridgehead atoms. The Labute approximate surface area is 157 Å². The number of carbonyl (C=O) groups excluding carboxylic acids is 1. The van der Waals surface area contributed by atoms with Crippen molar-refractivity contribution in [3.63, 3.8) is 0 Å². The SMILES string of the molecule is CCCCCCOC(=O)CCC(=S)OCCCCCC.[Na]. The average Bonchev–Trinajstić information content (AvgIpc) is 2.44. The second-order valence-corrected chi connectivity index (χ2v) is 5.52. The van der Waals surface area contributed by atoms with E-state index >= 15 is 0 Å². The van der Waals surface area contributed by atoms with Gasteiger partial charge in [0.1, 0.15) is 0 Å². The molecule has 0 aliphatic heterocycles. The standard InChI is InChI=1S/C16H30O3S.Na/c1-3-5-7-9-13-18-15(17)11-12-16(20)19-14-10-8-6-4-2;/h3-14H2,1-2H3;. The van der Waals surface area contributed by atoms with Gasteiger partial charge in [-0.05, 0) is 25.1 Å². The van der Waals surface area contributed by atoms with Crippen molar-refractivity contribution in [3.8, 4) is 0 Å². The van der Waals surface area contributed by atoms with Crippen molar-refractivity contribution >= 4 is 52.8 Å². The minimum Gasteiger partial charge on any atom is -0.487 e. The molecule has 0 aromatic rings. The van der Waals surface area contributed by atoms with Crippen molar-refractivity contribution < 1.29 is 14.3 Å². The number of carbonyl (C=O) groups is 1. The van der Waals surface area contributed by atoms with Gasteiger partial charge in [-0.3, -0.25) is 4.79 Å². The van der Waals surface area contributed by atoms with E-state index in [0.29, 0.717) is 31.1 Å². The fourth-order valence-corrected chi connectivity index (χ4v) is 1.96. The Hall–Kier alpha value is 0.360. The molecule has 0 unspecified atom stereocenters. The van der Waals surface area contributed by atoms with E-state index in [4.69, 9.17) is 21.7 Å². The Kier molecular flexibility index (Phi) is 20.7. The summed E-state index contributed by atoms with van der Waals surface area (Å²) < 4.78 is 10.6. The van der Waals surface area contributed by atoms with Crippen LogP contribution in [0.15, 0.2) is 0 Å². The van der Waals surface area contributed by atoms with Crippen molar-refractivity contribution in [2.24, 2.45) is 0 Å². The van der Waals surface area contributed by atoms with Gasteiger partial charge in [0.2, 0.25) is 0 Å². The van der Waals surface area contributed by atoms with Crippen molar-refractivity contribution in [3.05, 3.63) is 0 Å². The van der Waals surface area contributed by atoms with E-state index in [-0.39, 0.29) is 35.5 Å². The van der Waals surface area contributed by atoms with Crippen molar-refractivity contribution in [1.29, 1.82) is 0 Å². The van der Waals surface area contributed by atoms with Crippen LogP contribution >= 0.6 is 12.2 Å². The number of thiocarbonyl (C=S) groups is 1. The summed E-state index contributed by atoms with van der Waals surface area (Å²) in [6.07, 6.45) is 9.98. The van der Waals surface area contributed by atoms with Gasteiger partial charge in [0.15, 0.2) is 5.05 Å². The van der Waals surface area contributed by atoms with Gasteiger partial charge < -0.3 is 9.47 Å². The maximum absolute atomic E-state index is 11.5. The maximum atomic E-state index is 11.5. The van der Waals surface area contributed by atoms with Crippen LogP contribution in [0.5, 0.6) is 0 Å². The second-order valence-electron chi connectivity index (χ2n) is 5.06. The van der Waals surface area contributed by atoms with Gasteiger partial charge in [-0.1, -0.05) is 52.4 Å². The largest absolute Gasteiger partial charge is 0.487 e. The Morgan fingerprint density at radius 3 is 1.86 bits per heavy atom. The number of hydrogen-bond acceptors (Lipinski definition) is 4. The van der Waals surface area contributed by atoms with Crippen molar-refractivity contribution in [2.45, 2.75) is 78.1 Å². The molecular formula is C16H30NaO3S. The molecule has 0 aromatic heterocycles. The van der Waals surface area contributed by atoms with E-state index < -0.39 is 0 Å². The van der Waals surface area contributed by atoms with Crippen LogP contribution in [0, 0.1) is 0 Å². The molecule has 1 radical (unpaired) electrons. The monoisotopic (exact) mass is 325 g/mol. The summed E-state index contributed by atoms with van der Waals surface area (Å²) in [7, 11) is 0. The number of unbranched alkanes of at least 4 members (excludes halogenated alkanes) is 6. The number of ether oxygens (including phenoxy) is 2. The Morgan fingerprint density at radius 2 is 1.33 bits per heavy atom. The van der Waals surface area contributed by atoms with Crippen LogP contribution in [0.2, 0.25) is 0 Å². The van der Waals surface area contributed by atoms with E-state index in [1.807, 2.05) is 0 Å². The third-order valence-corrected chi connectivity index (χ3v) is 3.38. The summed E-state index contributed by atoms with van der Waals surface area (Å²) in [5, 5.41) is 0.532. The van der Waals surface area contributed by atoms with Gasteiger partial charge in [0.05, 0.1) is 19.6 Å². The Morgan fingerprint density at radius 1 is 0.810 bits per heavy atom. The minimum atomic E-state index is -0.168. The van der Waals surface area contributed by atoms with Crippen LogP contribution in [-0.2, 0) is 14.3 Å². The first-order valence-electron chi connectivity index (χ1n) is 8.02. The van der Waals surface area contributed by atoms with Gasteiger partial charge in [0.25, 0.3) is 0 Å². The summed E-state index contributed by atoms with van der Waals surface area (Å²) in [6.45, 7) is 5.54. The molecule has 0 saturated heterocycles. The number of hydrogen-bond donors (Lipinski definition) is 0. The molecular weight excluding hydrogens is 295 g/mol. The Balaban J connectivity index is 0. The molecule has 3 nitrogen and oxygen atoms in total. The van der Waals surface area contributed by atoms with Crippen molar-refractivity contribution in [2.75, 3.05) is 13.2 Å². The predicted molar refractivity (Wildman–Crippen MR) is 92.8 cm³/mol. The first kappa shape index (κ1) is 23.6. The topological polar surface area (TPSA) is 35.5 Å². The molecule has 119 valence electrons. The third kappa shape index (κ3) is 18.3. The van der Waals surface area contributed by atoms with Gasteiger partial charge >= 0.3 is 5.97 Å². The maximum Gasteiger partial charge on any atom is 0.306 e. The molecule has 21 heavy (non-hydrogen) atoms. The average molecular weight is 325 g/mol. The zero-order valence-corrected chi connectivity index (χ0v) is 16.9. The summed E-state index contributed by atoms with van der Waals surface area (Å²) in [5.41, 5.74) is 0. The smallest absolute Gasteiger partial charge is 0.306 e. The van der Waals surface area contributed by atoms with E-state index in [2.05, 4.69) is 13.8 Å². The molecule has 0 saturated carbocycles. The first-order valence-corrected chi connectivity index (χ1v) is 8.42. The summed E-state index contributed by atoms with van der Waals surface area (Å²) in [6, 6.07) is 0. The number of rotatable bonds is 13. The summed E-state index contributed by atoms with van der Waals surface area (Å²) in [4.78, 5) is 11.5. The first-order chi connectivity index (χ1) is 9.70. The summed E-state index contributed by atoms with van der Waals surface area (Å²) >= 11 is 5.09. The molecule has 0 aliphatic rings.